The van der Waals surface area contributed by atoms with Gasteiger partial charge in [-0.25, -0.2) is 4.98 Å². The summed E-state index contributed by atoms with van der Waals surface area (Å²) in [7, 11) is 0. The molecule has 4 heteroatoms. The standard InChI is InChI=1S/C10H14N2O2/c1-6-9(12-7(2)11-6)10(3-4-10)5-8(13)14/h3-5H2,1-2H3,(H,11,12)(H,13,14). The largest absolute Gasteiger partial charge is 0.481 e. The Morgan fingerprint density at radius 1 is 1.57 bits per heavy atom. The summed E-state index contributed by atoms with van der Waals surface area (Å²) in [5, 5.41) is 8.81. The Kier molecular flexibility index (Phi) is 1.87. The van der Waals surface area contributed by atoms with Crippen LogP contribution in [0.4, 0.5) is 0 Å². The fraction of sp³-hybridized carbons (Fsp3) is 0.600. The van der Waals surface area contributed by atoms with E-state index in [0.29, 0.717) is 0 Å². The Morgan fingerprint density at radius 2 is 2.21 bits per heavy atom. The van der Waals surface area contributed by atoms with E-state index in [-0.39, 0.29) is 11.8 Å². The van der Waals surface area contributed by atoms with Crippen LogP contribution < -0.4 is 0 Å². The fourth-order valence-electron chi connectivity index (χ4n) is 2.06. The van der Waals surface area contributed by atoms with Crippen molar-refractivity contribution in [2.24, 2.45) is 0 Å². The molecule has 0 aromatic carbocycles. The van der Waals surface area contributed by atoms with Gasteiger partial charge in [0.25, 0.3) is 0 Å². The fourth-order valence-corrected chi connectivity index (χ4v) is 2.06. The number of H-pyrrole nitrogens is 1. The summed E-state index contributed by atoms with van der Waals surface area (Å²) in [6, 6.07) is 0. The molecule has 2 N–H and O–H groups in total. The average molecular weight is 194 g/mol. The molecular weight excluding hydrogens is 180 g/mol. The molecule has 1 fully saturated rings. The maximum atomic E-state index is 10.7. The topological polar surface area (TPSA) is 66.0 Å². The van der Waals surface area contributed by atoms with E-state index in [1.807, 2.05) is 13.8 Å². The molecule has 76 valence electrons. The summed E-state index contributed by atoms with van der Waals surface area (Å²) in [6.45, 7) is 3.85. The normalized spacial score (nSPS) is 18.1. The zero-order valence-electron chi connectivity index (χ0n) is 8.42. The average Bonchev–Trinajstić information content (AvgIpc) is 2.72. The van der Waals surface area contributed by atoms with E-state index < -0.39 is 5.97 Å². The predicted octanol–water partition coefficient (Wildman–Crippen LogP) is 1.53. The Bertz CT molecular complexity index is 377. The van der Waals surface area contributed by atoms with E-state index in [1.54, 1.807) is 0 Å². The number of hydrogen-bond acceptors (Lipinski definition) is 2. The van der Waals surface area contributed by atoms with Gasteiger partial charge in [0.2, 0.25) is 0 Å². The van der Waals surface area contributed by atoms with Crippen LogP contribution in [0.15, 0.2) is 0 Å². The van der Waals surface area contributed by atoms with Crippen LogP contribution in [0.5, 0.6) is 0 Å². The number of nitrogens with zero attached hydrogens (tertiary/aromatic N) is 1. The maximum Gasteiger partial charge on any atom is 0.304 e. The second-order valence-corrected chi connectivity index (χ2v) is 4.15. The van der Waals surface area contributed by atoms with Gasteiger partial charge in [-0.3, -0.25) is 4.79 Å². The molecule has 0 saturated heterocycles. The van der Waals surface area contributed by atoms with Gasteiger partial charge in [0.1, 0.15) is 5.82 Å². The zero-order chi connectivity index (χ0) is 10.3. The van der Waals surface area contributed by atoms with Crippen molar-refractivity contribution < 1.29 is 9.90 Å². The smallest absolute Gasteiger partial charge is 0.304 e. The number of aryl methyl sites for hydroxylation is 2. The van der Waals surface area contributed by atoms with E-state index >= 15 is 0 Å². The molecule has 0 amide bonds. The number of carbonyl (C=O) groups is 1. The van der Waals surface area contributed by atoms with Crippen LogP contribution >= 0.6 is 0 Å². The molecule has 14 heavy (non-hydrogen) atoms. The summed E-state index contributed by atoms with van der Waals surface area (Å²) >= 11 is 0. The Hall–Kier alpha value is -1.32. The van der Waals surface area contributed by atoms with Gasteiger partial charge in [-0.15, -0.1) is 0 Å². The number of aliphatic carboxylic acids is 1. The number of aromatic nitrogens is 2. The first kappa shape index (κ1) is 9.24. The first-order valence-corrected chi connectivity index (χ1v) is 4.79. The van der Waals surface area contributed by atoms with Crippen LogP contribution in [0.3, 0.4) is 0 Å². The van der Waals surface area contributed by atoms with Gasteiger partial charge in [-0.05, 0) is 26.7 Å². The summed E-state index contributed by atoms with van der Waals surface area (Å²) < 4.78 is 0. The highest BCUT2D eigenvalue weighted by molar-refractivity contribution is 5.70. The van der Waals surface area contributed by atoms with E-state index in [0.717, 1.165) is 30.1 Å². The van der Waals surface area contributed by atoms with Crippen molar-refractivity contribution in [3.63, 3.8) is 0 Å². The van der Waals surface area contributed by atoms with Crippen molar-refractivity contribution in [1.29, 1.82) is 0 Å². The summed E-state index contributed by atoms with van der Waals surface area (Å²) in [4.78, 5) is 18.2. The molecule has 2 rings (SSSR count). The maximum absolute atomic E-state index is 10.7. The number of aromatic amines is 1. The van der Waals surface area contributed by atoms with Crippen molar-refractivity contribution in [3.05, 3.63) is 17.2 Å². The van der Waals surface area contributed by atoms with Crippen LogP contribution in [0.25, 0.3) is 0 Å². The predicted molar refractivity (Wildman–Crippen MR) is 51.2 cm³/mol. The summed E-state index contributed by atoms with van der Waals surface area (Å²) in [5.41, 5.74) is 1.80. The lowest BCUT2D eigenvalue weighted by atomic mass is 9.97. The molecule has 0 atom stereocenters. The monoisotopic (exact) mass is 194 g/mol. The van der Waals surface area contributed by atoms with Crippen LogP contribution in [0.2, 0.25) is 0 Å². The van der Waals surface area contributed by atoms with Gasteiger partial charge in [-0.2, -0.15) is 0 Å². The third kappa shape index (κ3) is 1.41. The summed E-state index contributed by atoms with van der Waals surface area (Å²) in [6.07, 6.45) is 2.10. The lowest BCUT2D eigenvalue weighted by Gasteiger charge is -2.09. The first-order valence-electron chi connectivity index (χ1n) is 4.79. The highest BCUT2D eigenvalue weighted by Crippen LogP contribution is 2.51. The van der Waals surface area contributed by atoms with Crippen LogP contribution in [0.1, 0.15) is 36.5 Å². The number of imidazole rings is 1. The van der Waals surface area contributed by atoms with Gasteiger partial charge < -0.3 is 10.1 Å². The zero-order valence-corrected chi connectivity index (χ0v) is 8.42. The molecule has 0 aliphatic heterocycles. The van der Waals surface area contributed by atoms with Gasteiger partial charge in [-0.1, -0.05) is 0 Å². The highest BCUT2D eigenvalue weighted by atomic mass is 16.4. The molecule has 1 aliphatic carbocycles. The third-order valence-electron chi connectivity index (χ3n) is 2.85. The van der Waals surface area contributed by atoms with Gasteiger partial charge in [0.15, 0.2) is 0 Å². The van der Waals surface area contributed by atoms with E-state index in [1.165, 1.54) is 0 Å². The highest BCUT2D eigenvalue weighted by Gasteiger charge is 2.48. The molecule has 1 aromatic heterocycles. The Labute approximate surface area is 82.4 Å². The molecular formula is C10H14N2O2. The van der Waals surface area contributed by atoms with Gasteiger partial charge >= 0.3 is 5.97 Å². The number of carboxylic acids is 1. The minimum absolute atomic E-state index is 0.166. The van der Waals surface area contributed by atoms with Crippen molar-refractivity contribution in [2.75, 3.05) is 0 Å². The molecule has 0 bridgehead atoms. The van der Waals surface area contributed by atoms with Crippen molar-refractivity contribution in [1.82, 2.24) is 9.97 Å². The number of carboxylic acid groups (broad SMARTS) is 1. The number of hydrogen-bond donors (Lipinski definition) is 2. The van der Waals surface area contributed by atoms with E-state index in [2.05, 4.69) is 9.97 Å². The van der Waals surface area contributed by atoms with E-state index in [9.17, 15) is 4.79 Å². The molecule has 0 spiro atoms. The molecule has 4 nitrogen and oxygen atoms in total. The number of nitrogens with one attached hydrogen (secondary N) is 1. The van der Waals surface area contributed by atoms with Crippen LogP contribution in [-0.2, 0) is 10.2 Å². The lowest BCUT2D eigenvalue weighted by Crippen LogP contribution is -2.14. The first-order chi connectivity index (χ1) is 6.53. The molecule has 1 heterocycles. The van der Waals surface area contributed by atoms with Crippen molar-refractivity contribution in [3.8, 4) is 0 Å². The van der Waals surface area contributed by atoms with E-state index in [4.69, 9.17) is 5.11 Å². The SMILES string of the molecule is Cc1nc(C2(CC(=O)O)CC2)c(C)[nH]1. The third-order valence-corrected chi connectivity index (χ3v) is 2.85. The van der Waals surface area contributed by atoms with Crippen LogP contribution in [0, 0.1) is 13.8 Å². The minimum atomic E-state index is -0.734. The molecule has 1 aromatic rings. The molecule has 1 aliphatic rings. The van der Waals surface area contributed by atoms with Crippen molar-refractivity contribution in [2.45, 2.75) is 38.5 Å². The second-order valence-electron chi connectivity index (χ2n) is 4.15. The molecule has 0 radical (unpaired) electrons. The minimum Gasteiger partial charge on any atom is -0.481 e. The number of rotatable bonds is 3. The lowest BCUT2D eigenvalue weighted by molar-refractivity contribution is -0.137. The van der Waals surface area contributed by atoms with Crippen LogP contribution in [-0.4, -0.2) is 21.0 Å². The van der Waals surface area contributed by atoms with Gasteiger partial charge in [0, 0.05) is 11.1 Å². The quantitative estimate of drug-likeness (QED) is 0.766. The second kappa shape index (κ2) is 2.83. The van der Waals surface area contributed by atoms with Gasteiger partial charge in [0.05, 0.1) is 12.1 Å². The molecule has 0 unspecified atom stereocenters. The summed E-state index contributed by atoms with van der Waals surface area (Å²) in [5.74, 6) is 0.136. The Morgan fingerprint density at radius 3 is 2.57 bits per heavy atom. The Balaban J connectivity index is 2.30. The van der Waals surface area contributed by atoms with Crippen molar-refractivity contribution >= 4 is 5.97 Å². The molecule has 1 saturated carbocycles.